The summed E-state index contributed by atoms with van der Waals surface area (Å²) in [6, 6.07) is 7.63. The molecule has 0 bridgehead atoms. The van der Waals surface area contributed by atoms with Crippen molar-refractivity contribution < 1.29 is 8.42 Å². The number of hydrogen-bond donors (Lipinski definition) is 2. The average Bonchev–Trinajstić information content (AvgIpc) is 3.27. The van der Waals surface area contributed by atoms with Crippen LogP contribution in [0, 0.1) is 6.92 Å². The summed E-state index contributed by atoms with van der Waals surface area (Å²) in [5, 5.41) is 5.33. The zero-order valence-corrected chi connectivity index (χ0v) is 17.8. The van der Waals surface area contributed by atoms with Crippen LogP contribution in [0.5, 0.6) is 0 Å². The Morgan fingerprint density at radius 1 is 1.31 bits per heavy atom. The molecule has 0 fully saturated rings. The van der Waals surface area contributed by atoms with Crippen LogP contribution in [0.3, 0.4) is 0 Å². The number of nitrogens with one attached hydrogen (secondary N) is 2. The molecule has 0 atom stereocenters. The van der Waals surface area contributed by atoms with Crippen LogP contribution in [0.4, 0.5) is 0 Å². The lowest BCUT2D eigenvalue weighted by atomic mass is 10.3. The van der Waals surface area contributed by atoms with Crippen molar-refractivity contribution in [3.8, 4) is 0 Å². The maximum absolute atomic E-state index is 12.2. The van der Waals surface area contributed by atoms with Gasteiger partial charge >= 0.3 is 0 Å². The standard InChI is InChI=1S/C17H26N4O2S3/c1-4-18-17(21(3)12-9-15-6-5-13-24-15)19-10-11-20-26(22,23)16-8-7-14(2)25-16/h5-8,13,20H,4,9-12H2,1-3H3,(H,18,19). The Morgan fingerprint density at radius 3 is 2.73 bits per heavy atom. The predicted molar refractivity (Wildman–Crippen MR) is 111 cm³/mol. The quantitative estimate of drug-likeness (QED) is 0.376. The van der Waals surface area contributed by atoms with Crippen molar-refractivity contribution in [1.82, 2.24) is 14.9 Å². The number of hydrogen-bond acceptors (Lipinski definition) is 5. The molecule has 144 valence electrons. The van der Waals surface area contributed by atoms with E-state index in [1.165, 1.54) is 16.2 Å². The number of thiophene rings is 2. The molecule has 26 heavy (non-hydrogen) atoms. The van der Waals surface area contributed by atoms with Crippen LogP contribution in [0.1, 0.15) is 16.7 Å². The van der Waals surface area contributed by atoms with Gasteiger partial charge < -0.3 is 10.2 Å². The Morgan fingerprint density at radius 2 is 2.12 bits per heavy atom. The van der Waals surface area contributed by atoms with Crippen LogP contribution in [-0.4, -0.2) is 52.5 Å². The van der Waals surface area contributed by atoms with Crippen LogP contribution >= 0.6 is 22.7 Å². The molecule has 0 saturated carbocycles. The summed E-state index contributed by atoms with van der Waals surface area (Å²) in [6.07, 6.45) is 0.961. The summed E-state index contributed by atoms with van der Waals surface area (Å²) >= 11 is 3.02. The van der Waals surface area contributed by atoms with E-state index in [-0.39, 0.29) is 6.54 Å². The maximum atomic E-state index is 12.2. The van der Waals surface area contributed by atoms with Crippen LogP contribution in [0.15, 0.2) is 38.8 Å². The summed E-state index contributed by atoms with van der Waals surface area (Å²) in [6.45, 7) is 6.18. The predicted octanol–water partition coefficient (Wildman–Crippen LogP) is 2.54. The van der Waals surface area contributed by atoms with Gasteiger partial charge in [0.1, 0.15) is 4.21 Å². The fourth-order valence-electron chi connectivity index (χ4n) is 2.28. The molecule has 2 aromatic heterocycles. The molecule has 0 aromatic carbocycles. The second-order valence-electron chi connectivity index (χ2n) is 5.75. The molecule has 0 aliphatic rings. The Labute approximate surface area is 164 Å². The zero-order chi connectivity index (χ0) is 19.0. The van der Waals surface area contributed by atoms with Crippen LogP contribution in [0.2, 0.25) is 0 Å². The Bertz CT molecular complexity index is 798. The van der Waals surface area contributed by atoms with E-state index < -0.39 is 10.0 Å². The van der Waals surface area contributed by atoms with Gasteiger partial charge in [-0.3, -0.25) is 4.99 Å². The van der Waals surface area contributed by atoms with Crippen molar-refractivity contribution in [2.24, 2.45) is 4.99 Å². The number of guanidine groups is 1. The van der Waals surface area contributed by atoms with E-state index >= 15 is 0 Å². The third-order valence-corrected chi connectivity index (χ3v) is 7.51. The van der Waals surface area contributed by atoms with Gasteiger partial charge in [0, 0.05) is 36.4 Å². The number of nitrogens with zero attached hydrogens (tertiary/aromatic N) is 2. The normalized spacial score (nSPS) is 12.3. The van der Waals surface area contributed by atoms with Crippen molar-refractivity contribution in [1.29, 1.82) is 0 Å². The van der Waals surface area contributed by atoms with E-state index in [0.717, 1.165) is 30.3 Å². The van der Waals surface area contributed by atoms with E-state index in [1.54, 1.807) is 17.4 Å². The minimum Gasteiger partial charge on any atom is -0.357 e. The molecule has 0 saturated heterocycles. The Kier molecular flexibility index (Phi) is 8.08. The van der Waals surface area contributed by atoms with Gasteiger partial charge in [0.2, 0.25) is 10.0 Å². The molecule has 6 nitrogen and oxygen atoms in total. The summed E-state index contributed by atoms with van der Waals surface area (Å²) < 4.78 is 27.4. The Hall–Kier alpha value is -1.42. The molecule has 0 radical (unpaired) electrons. The summed E-state index contributed by atoms with van der Waals surface area (Å²) in [7, 11) is -1.45. The van der Waals surface area contributed by atoms with Crippen LogP contribution in [-0.2, 0) is 16.4 Å². The molecule has 2 rings (SSSR count). The Balaban J connectivity index is 1.85. The first-order valence-electron chi connectivity index (χ1n) is 8.50. The van der Waals surface area contributed by atoms with Gasteiger partial charge in [0.25, 0.3) is 0 Å². The molecule has 0 aliphatic carbocycles. The number of likely N-dealkylation sites (N-methyl/N-ethyl adjacent to an activating group) is 1. The van der Waals surface area contributed by atoms with E-state index in [1.807, 2.05) is 27.0 Å². The molecule has 0 amide bonds. The van der Waals surface area contributed by atoms with E-state index in [9.17, 15) is 8.42 Å². The summed E-state index contributed by atoms with van der Waals surface area (Å²) in [5.74, 6) is 0.787. The van der Waals surface area contributed by atoms with Crippen molar-refractivity contribution in [2.45, 2.75) is 24.5 Å². The first kappa shape index (κ1) is 20.9. The van der Waals surface area contributed by atoms with Crippen molar-refractivity contribution >= 4 is 38.7 Å². The molecule has 9 heteroatoms. The van der Waals surface area contributed by atoms with Crippen molar-refractivity contribution in [2.75, 3.05) is 33.2 Å². The van der Waals surface area contributed by atoms with Gasteiger partial charge in [-0.2, -0.15) is 0 Å². The van der Waals surface area contributed by atoms with Gasteiger partial charge in [0.15, 0.2) is 5.96 Å². The first-order valence-corrected chi connectivity index (χ1v) is 11.7. The van der Waals surface area contributed by atoms with Gasteiger partial charge in [-0.1, -0.05) is 6.07 Å². The average molecular weight is 415 g/mol. The monoisotopic (exact) mass is 414 g/mol. The lowest BCUT2D eigenvalue weighted by Gasteiger charge is -2.21. The van der Waals surface area contributed by atoms with Gasteiger partial charge in [-0.15, -0.1) is 22.7 Å². The molecule has 2 heterocycles. The largest absolute Gasteiger partial charge is 0.357 e. The lowest BCUT2D eigenvalue weighted by Crippen LogP contribution is -2.40. The van der Waals surface area contributed by atoms with Crippen LogP contribution < -0.4 is 10.0 Å². The fourth-order valence-corrected chi connectivity index (χ4v) is 5.32. The first-order chi connectivity index (χ1) is 12.4. The van der Waals surface area contributed by atoms with Gasteiger partial charge in [-0.05, 0) is 43.8 Å². The SMILES string of the molecule is CCNC(=NCCNS(=O)(=O)c1ccc(C)s1)N(C)CCc1cccs1. The van der Waals surface area contributed by atoms with Gasteiger partial charge in [0.05, 0.1) is 6.54 Å². The molecule has 2 N–H and O–H groups in total. The molecule has 2 aromatic rings. The van der Waals surface area contributed by atoms with E-state index in [2.05, 4.69) is 37.4 Å². The zero-order valence-electron chi connectivity index (χ0n) is 15.4. The smallest absolute Gasteiger partial charge is 0.250 e. The maximum Gasteiger partial charge on any atom is 0.250 e. The van der Waals surface area contributed by atoms with Crippen molar-refractivity contribution in [3.63, 3.8) is 0 Å². The minimum absolute atomic E-state index is 0.271. The number of rotatable bonds is 9. The minimum atomic E-state index is -3.44. The molecular formula is C17H26N4O2S3. The van der Waals surface area contributed by atoms with E-state index in [0.29, 0.717) is 10.8 Å². The second-order valence-corrected chi connectivity index (χ2v) is 10.1. The highest BCUT2D eigenvalue weighted by molar-refractivity contribution is 7.91. The number of aryl methyl sites for hydroxylation is 1. The molecule has 0 spiro atoms. The highest BCUT2D eigenvalue weighted by Gasteiger charge is 2.15. The fraction of sp³-hybridized carbons (Fsp3) is 0.471. The number of sulfonamides is 1. The molecule has 0 unspecified atom stereocenters. The summed E-state index contributed by atoms with van der Waals surface area (Å²) in [5.41, 5.74) is 0. The molecular weight excluding hydrogens is 388 g/mol. The topological polar surface area (TPSA) is 73.8 Å². The van der Waals surface area contributed by atoms with Gasteiger partial charge in [-0.25, -0.2) is 13.1 Å². The second kappa shape index (κ2) is 10.1. The molecule has 0 aliphatic heterocycles. The highest BCUT2D eigenvalue weighted by Crippen LogP contribution is 2.19. The third-order valence-electron chi connectivity index (χ3n) is 3.62. The van der Waals surface area contributed by atoms with Crippen LogP contribution in [0.25, 0.3) is 0 Å². The summed E-state index contributed by atoms with van der Waals surface area (Å²) in [4.78, 5) is 8.91. The van der Waals surface area contributed by atoms with Crippen molar-refractivity contribution in [3.05, 3.63) is 39.4 Å². The highest BCUT2D eigenvalue weighted by atomic mass is 32.2. The van der Waals surface area contributed by atoms with E-state index in [4.69, 9.17) is 0 Å². The third kappa shape index (κ3) is 6.39. The number of aliphatic imine (C=N–C) groups is 1. The lowest BCUT2D eigenvalue weighted by molar-refractivity contribution is 0.486.